The minimum atomic E-state index is -0.491. The molecule has 2 aromatic rings. The molecule has 7 heteroatoms. The molecule has 0 spiro atoms. The van der Waals surface area contributed by atoms with E-state index in [2.05, 4.69) is 10.3 Å². The fourth-order valence-electron chi connectivity index (χ4n) is 2.59. The fraction of sp³-hybridized carbons (Fsp3) is 0.389. The zero-order chi connectivity index (χ0) is 17.9. The Kier molecular flexibility index (Phi) is 5.44. The Morgan fingerprint density at radius 3 is 2.72 bits per heavy atom. The smallest absolute Gasteiger partial charge is 0.246 e. The van der Waals surface area contributed by atoms with Crippen molar-refractivity contribution in [2.75, 3.05) is 5.75 Å². The first kappa shape index (κ1) is 17.9. The molecule has 1 fully saturated rings. The largest absolute Gasteiger partial charge is 0.342 e. The molecular formula is C18H21N3O2S2. The molecule has 0 saturated carbocycles. The van der Waals surface area contributed by atoms with Crippen molar-refractivity contribution in [2.24, 2.45) is 0 Å². The normalized spacial score (nSPS) is 19.3. The SMILES string of the molecule is CC1(C)SC[C@@H](C(=O)N(Cc2ccccc2)Cc2nccs2)NC1=O. The third-order valence-electron chi connectivity index (χ3n) is 4.10. The highest BCUT2D eigenvalue weighted by molar-refractivity contribution is 8.01. The zero-order valence-electron chi connectivity index (χ0n) is 14.3. The second-order valence-corrected chi connectivity index (χ2v) is 9.07. The molecule has 1 aromatic heterocycles. The van der Waals surface area contributed by atoms with Crippen LogP contribution < -0.4 is 5.32 Å². The third kappa shape index (κ3) is 4.41. The highest BCUT2D eigenvalue weighted by Crippen LogP contribution is 2.29. The molecule has 2 amide bonds. The Morgan fingerprint density at radius 2 is 2.08 bits per heavy atom. The summed E-state index contributed by atoms with van der Waals surface area (Å²) in [5, 5.41) is 5.68. The number of amides is 2. The summed E-state index contributed by atoms with van der Waals surface area (Å²) < 4.78 is -0.490. The van der Waals surface area contributed by atoms with Gasteiger partial charge in [0.15, 0.2) is 0 Å². The quantitative estimate of drug-likeness (QED) is 0.873. The van der Waals surface area contributed by atoms with Gasteiger partial charge in [0, 0.05) is 23.9 Å². The number of hydrogen-bond donors (Lipinski definition) is 1. The highest BCUT2D eigenvalue weighted by atomic mass is 32.2. The van der Waals surface area contributed by atoms with Gasteiger partial charge in [0.25, 0.3) is 0 Å². The topological polar surface area (TPSA) is 62.3 Å². The van der Waals surface area contributed by atoms with Crippen molar-refractivity contribution in [3.8, 4) is 0 Å². The molecule has 1 N–H and O–H groups in total. The summed E-state index contributed by atoms with van der Waals surface area (Å²) in [6.07, 6.45) is 1.74. The number of benzene rings is 1. The van der Waals surface area contributed by atoms with Gasteiger partial charge in [-0.15, -0.1) is 23.1 Å². The van der Waals surface area contributed by atoms with Crippen LogP contribution in [-0.4, -0.2) is 38.2 Å². The first-order chi connectivity index (χ1) is 12.0. The number of carbonyl (C=O) groups excluding carboxylic acids is 2. The molecule has 1 aromatic carbocycles. The van der Waals surface area contributed by atoms with E-state index in [1.165, 1.54) is 23.1 Å². The minimum Gasteiger partial charge on any atom is -0.342 e. The molecular weight excluding hydrogens is 354 g/mol. The summed E-state index contributed by atoms with van der Waals surface area (Å²) >= 11 is 3.05. The van der Waals surface area contributed by atoms with Crippen LogP contribution in [0.2, 0.25) is 0 Å². The van der Waals surface area contributed by atoms with Crippen molar-refractivity contribution in [1.82, 2.24) is 15.2 Å². The van der Waals surface area contributed by atoms with Gasteiger partial charge in [0.2, 0.25) is 11.8 Å². The average molecular weight is 376 g/mol. The number of nitrogens with zero attached hydrogens (tertiary/aromatic N) is 2. The Morgan fingerprint density at radius 1 is 1.32 bits per heavy atom. The Bertz CT molecular complexity index is 732. The summed E-state index contributed by atoms with van der Waals surface area (Å²) in [5.74, 6) is 0.437. The molecule has 5 nitrogen and oxygen atoms in total. The van der Waals surface area contributed by atoms with Gasteiger partial charge in [-0.1, -0.05) is 30.3 Å². The maximum absolute atomic E-state index is 13.1. The van der Waals surface area contributed by atoms with Gasteiger partial charge in [-0.3, -0.25) is 9.59 Å². The standard InChI is InChI=1S/C18H21N3O2S2/c1-18(2)17(23)20-14(12-25-18)16(22)21(11-15-19-8-9-24-15)10-13-6-4-3-5-7-13/h3-9,14H,10-12H2,1-2H3,(H,20,23)/t14-/m0/s1. The summed E-state index contributed by atoms with van der Waals surface area (Å²) in [7, 11) is 0. The number of carbonyl (C=O) groups is 2. The Balaban J connectivity index is 1.76. The van der Waals surface area contributed by atoms with Crippen molar-refractivity contribution >= 4 is 34.9 Å². The summed E-state index contributed by atoms with van der Waals surface area (Å²) in [6.45, 7) is 4.71. The van der Waals surface area contributed by atoms with Gasteiger partial charge in [0.05, 0.1) is 11.3 Å². The molecule has 0 aliphatic carbocycles. The molecule has 1 aliphatic rings. The van der Waals surface area contributed by atoms with Crippen LogP contribution in [-0.2, 0) is 22.7 Å². The number of thiazole rings is 1. The van der Waals surface area contributed by atoms with Crippen molar-refractivity contribution in [2.45, 2.75) is 37.7 Å². The second-order valence-electron chi connectivity index (χ2n) is 6.45. The van der Waals surface area contributed by atoms with Crippen molar-refractivity contribution < 1.29 is 9.59 Å². The second kappa shape index (κ2) is 7.58. The first-order valence-electron chi connectivity index (χ1n) is 8.12. The van der Waals surface area contributed by atoms with Crippen molar-refractivity contribution in [1.29, 1.82) is 0 Å². The molecule has 1 atom stereocenters. The number of thioether (sulfide) groups is 1. The van der Waals surface area contributed by atoms with Crippen LogP contribution in [0.5, 0.6) is 0 Å². The molecule has 0 radical (unpaired) electrons. The maximum atomic E-state index is 13.1. The molecule has 0 bridgehead atoms. The van der Waals surface area contributed by atoms with Crippen LogP contribution in [0.15, 0.2) is 41.9 Å². The van der Waals surface area contributed by atoms with Crippen molar-refractivity contribution in [3.05, 3.63) is 52.5 Å². The van der Waals surface area contributed by atoms with Crippen LogP contribution in [0, 0.1) is 0 Å². The average Bonchev–Trinajstić information content (AvgIpc) is 3.10. The van der Waals surface area contributed by atoms with E-state index in [0.717, 1.165) is 10.6 Å². The fourth-order valence-corrected chi connectivity index (χ4v) is 4.22. The van der Waals surface area contributed by atoms with Crippen LogP contribution in [0.25, 0.3) is 0 Å². The summed E-state index contributed by atoms with van der Waals surface area (Å²) in [5.41, 5.74) is 1.06. The molecule has 0 unspecified atom stereocenters. The minimum absolute atomic E-state index is 0.0598. The molecule has 1 saturated heterocycles. The highest BCUT2D eigenvalue weighted by Gasteiger charge is 2.39. The van der Waals surface area contributed by atoms with Gasteiger partial charge in [0.1, 0.15) is 11.0 Å². The third-order valence-corrected chi connectivity index (χ3v) is 6.27. The van der Waals surface area contributed by atoms with E-state index in [1.807, 2.05) is 49.6 Å². The molecule has 132 valence electrons. The lowest BCUT2D eigenvalue weighted by molar-refractivity contribution is -0.137. The van der Waals surface area contributed by atoms with E-state index in [-0.39, 0.29) is 11.8 Å². The van der Waals surface area contributed by atoms with Crippen LogP contribution in [0.3, 0.4) is 0 Å². The predicted octanol–water partition coefficient (Wildman–Crippen LogP) is 2.68. The Hall–Kier alpha value is -1.86. The number of rotatable bonds is 5. The lowest BCUT2D eigenvalue weighted by atomic mass is 10.1. The molecule has 3 rings (SSSR count). The number of nitrogens with one attached hydrogen (secondary N) is 1. The van der Waals surface area contributed by atoms with Gasteiger partial charge < -0.3 is 10.2 Å². The zero-order valence-corrected chi connectivity index (χ0v) is 15.9. The van der Waals surface area contributed by atoms with E-state index >= 15 is 0 Å². The molecule has 25 heavy (non-hydrogen) atoms. The predicted molar refractivity (Wildman–Crippen MR) is 101 cm³/mol. The van der Waals surface area contributed by atoms with E-state index in [0.29, 0.717) is 18.8 Å². The van der Waals surface area contributed by atoms with E-state index in [4.69, 9.17) is 0 Å². The van der Waals surface area contributed by atoms with Crippen LogP contribution in [0.4, 0.5) is 0 Å². The van der Waals surface area contributed by atoms with Gasteiger partial charge in [-0.25, -0.2) is 4.98 Å². The number of hydrogen-bond acceptors (Lipinski definition) is 5. The van der Waals surface area contributed by atoms with Gasteiger partial charge in [-0.05, 0) is 19.4 Å². The lowest BCUT2D eigenvalue weighted by Gasteiger charge is -2.35. The monoisotopic (exact) mass is 375 g/mol. The van der Waals surface area contributed by atoms with E-state index in [9.17, 15) is 9.59 Å². The number of aromatic nitrogens is 1. The first-order valence-corrected chi connectivity index (χ1v) is 9.98. The summed E-state index contributed by atoms with van der Waals surface area (Å²) in [6, 6.07) is 9.38. The van der Waals surface area contributed by atoms with Crippen molar-refractivity contribution in [3.63, 3.8) is 0 Å². The van der Waals surface area contributed by atoms with Crippen LogP contribution >= 0.6 is 23.1 Å². The van der Waals surface area contributed by atoms with Gasteiger partial charge >= 0.3 is 0 Å². The lowest BCUT2D eigenvalue weighted by Crippen LogP contribution is -2.57. The molecule has 1 aliphatic heterocycles. The summed E-state index contributed by atoms with van der Waals surface area (Å²) in [4.78, 5) is 31.3. The van der Waals surface area contributed by atoms with Gasteiger partial charge in [-0.2, -0.15) is 0 Å². The van der Waals surface area contributed by atoms with E-state index in [1.54, 1.807) is 11.1 Å². The van der Waals surface area contributed by atoms with E-state index < -0.39 is 10.8 Å². The molecule has 2 heterocycles. The van der Waals surface area contributed by atoms with Crippen LogP contribution in [0.1, 0.15) is 24.4 Å². The maximum Gasteiger partial charge on any atom is 0.246 e. The Labute approximate surface area is 155 Å².